The fourth-order valence-corrected chi connectivity index (χ4v) is 2.17. The Labute approximate surface area is 120 Å². The summed E-state index contributed by atoms with van der Waals surface area (Å²) in [5.74, 6) is 0.995. The van der Waals surface area contributed by atoms with Gasteiger partial charge in [0.05, 0.1) is 25.2 Å². The molecule has 106 valence electrons. The first-order chi connectivity index (χ1) is 10.2. The SMILES string of the molecule is COc1cc(OC)c2occ(-c3cccnc3)c(=O)c2c1. The van der Waals surface area contributed by atoms with E-state index in [0.29, 0.717) is 33.6 Å². The lowest BCUT2D eigenvalue weighted by molar-refractivity contribution is 0.392. The number of nitrogens with zero attached hydrogens (tertiary/aromatic N) is 1. The van der Waals surface area contributed by atoms with Crippen LogP contribution >= 0.6 is 0 Å². The Bertz CT molecular complexity index is 840. The quantitative estimate of drug-likeness (QED) is 0.739. The zero-order valence-corrected chi connectivity index (χ0v) is 11.6. The predicted molar refractivity (Wildman–Crippen MR) is 78.8 cm³/mol. The minimum atomic E-state index is -0.151. The summed E-state index contributed by atoms with van der Waals surface area (Å²) in [5.41, 5.74) is 1.40. The van der Waals surface area contributed by atoms with Gasteiger partial charge in [0, 0.05) is 24.0 Å². The number of pyridine rings is 1. The van der Waals surface area contributed by atoms with Crippen molar-refractivity contribution >= 4 is 11.0 Å². The van der Waals surface area contributed by atoms with Crippen LogP contribution in [0.4, 0.5) is 0 Å². The van der Waals surface area contributed by atoms with Crippen molar-refractivity contribution in [2.45, 2.75) is 0 Å². The fourth-order valence-electron chi connectivity index (χ4n) is 2.17. The molecule has 3 aromatic rings. The van der Waals surface area contributed by atoms with Crippen LogP contribution in [0.15, 0.2) is 52.1 Å². The topological polar surface area (TPSA) is 61.6 Å². The first-order valence-corrected chi connectivity index (χ1v) is 6.32. The molecule has 0 unspecified atom stereocenters. The monoisotopic (exact) mass is 283 g/mol. The molecule has 0 aliphatic carbocycles. The zero-order chi connectivity index (χ0) is 14.8. The molecule has 21 heavy (non-hydrogen) atoms. The van der Waals surface area contributed by atoms with E-state index in [1.54, 1.807) is 30.6 Å². The van der Waals surface area contributed by atoms with Gasteiger partial charge in [-0.3, -0.25) is 9.78 Å². The van der Waals surface area contributed by atoms with E-state index in [-0.39, 0.29) is 5.43 Å². The molecule has 0 aliphatic rings. The summed E-state index contributed by atoms with van der Waals surface area (Å²) in [5, 5.41) is 0.410. The summed E-state index contributed by atoms with van der Waals surface area (Å²) >= 11 is 0. The summed E-state index contributed by atoms with van der Waals surface area (Å²) in [6.45, 7) is 0. The van der Waals surface area contributed by atoms with Gasteiger partial charge in [-0.1, -0.05) is 6.07 Å². The van der Waals surface area contributed by atoms with E-state index < -0.39 is 0 Å². The van der Waals surface area contributed by atoms with Gasteiger partial charge in [-0.05, 0) is 12.1 Å². The molecule has 0 saturated heterocycles. The largest absolute Gasteiger partial charge is 0.497 e. The number of hydrogen-bond donors (Lipinski definition) is 0. The molecule has 2 aromatic heterocycles. The van der Waals surface area contributed by atoms with Crippen LogP contribution in [0.2, 0.25) is 0 Å². The first kappa shape index (κ1) is 13.2. The molecule has 5 heteroatoms. The third kappa shape index (κ3) is 2.23. The molecule has 2 heterocycles. The van der Waals surface area contributed by atoms with Crippen LogP contribution in [0, 0.1) is 0 Å². The molecule has 0 bridgehead atoms. The van der Waals surface area contributed by atoms with E-state index in [2.05, 4.69) is 4.98 Å². The highest BCUT2D eigenvalue weighted by atomic mass is 16.5. The van der Waals surface area contributed by atoms with E-state index in [1.165, 1.54) is 20.5 Å². The second-order valence-electron chi connectivity index (χ2n) is 4.43. The van der Waals surface area contributed by atoms with Gasteiger partial charge in [0.15, 0.2) is 11.3 Å². The van der Waals surface area contributed by atoms with Gasteiger partial charge in [0.25, 0.3) is 0 Å². The lowest BCUT2D eigenvalue weighted by Crippen LogP contribution is -2.06. The lowest BCUT2D eigenvalue weighted by atomic mass is 10.1. The Morgan fingerprint density at radius 1 is 1.19 bits per heavy atom. The third-order valence-corrected chi connectivity index (χ3v) is 3.24. The Morgan fingerprint density at radius 2 is 2.05 bits per heavy atom. The van der Waals surface area contributed by atoms with Gasteiger partial charge in [-0.25, -0.2) is 0 Å². The van der Waals surface area contributed by atoms with Gasteiger partial charge >= 0.3 is 0 Å². The molecular formula is C16H13NO4. The summed E-state index contributed by atoms with van der Waals surface area (Å²) in [6, 6.07) is 6.90. The maximum absolute atomic E-state index is 12.7. The highest BCUT2D eigenvalue weighted by Crippen LogP contribution is 2.30. The van der Waals surface area contributed by atoms with Crippen molar-refractivity contribution in [2.75, 3.05) is 14.2 Å². The average Bonchev–Trinajstić information content (AvgIpc) is 2.55. The number of methoxy groups -OCH3 is 2. The van der Waals surface area contributed by atoms with Gasteiger partial charge in [-0.15, -0.1) is 0 Å². The second-order valence-corrected chi connectivity index (χ2v) is 4.43. The number of aromatic nitrogens is 1. The fraction of sp³-hybridized carbons (Fsp3) is 0.125. The number of benzene rings is 1. The molecule has 5 nitrogen and oxygen atoms in total. The van der Waals surface area contributed by atoms with Crippen LogP contribution < -0.4 is 14.9 Å². The lowest BCUT2D eigenvalue weighted by Gasteiger charge is -2.08. The zero-order valence-electron chi connectivity index (χ0n) is 11.6. The molecule has 0 aliphatic heterocycles. The maximum Gasteiger partial charge on any atom is 0.200 e. The number of ether oxygens (including phenoxy) is 2. The van der Waals surface area contributed by atoms with Crippen LogP contribution in [0.25, 0.3) is 22.1 Å². The van der Waals surface area contributed by atoms with Crippen LogP contribution in [0.3, 0.4) is 0 Å². The Balaban J connectivity index is 2.33. The average molecular weight is 283 g/mol. The van der Waals surface area contributed by atoms with E-state index in [1.807, 2.05) is 6.07 Å². The second kappa shape index (κ2) is 5.28. The number of hydrogen-bond acceptors (Lipinski definition) is 5. The Kier molecular flexibility index (Phi) is 3.31. The molecule has 1 aromatic carbocycles. The van der Waals surface area contributed by atoms with E-state index in [4.69, 9.17) is 13.9 Å². The highest BCUT2D eigenvalue weighted by molar-refractivity contribution is 5.87. The summed E-state index contributed by atoms with van der Waals surface area (Å²) < 4.78 is 16.0. The van der Waals surface area contributed by atoms with Crippen LogP contribution in [-0.2, 0) is 0 Å². The Morgan fingerprint density at radius 3 is 2.71 bits per heavy atom. The maximum atomic E-state index is 12.7. The van der Waals surface area contributed by atoms with E-state index in [9.17, 15) is 4.79 Å². The number of fused-ring (bicyclic) bond motifs is 1. The highest BCUT2D eigenvalue weighted by Gasteiger charge is 2.14. The van der Waals surface area contributed by atoms with Gasteiger partial charge in [0.2, 0.25) is 5.43 Å². The van der Waals surface area contributed by atoms with E-state index in [0.717, 1.165) is 0 Å². The van der Waals surface area contributed by atoms with Crippen LogP contribution in [-0.4, -0.2) is 19.2 Å². The molecule has 0 amide bonds. The van der Waals surface area contributed by atoms with Crippen molar-refractivity contribution in [2.24, 2.45) is 0 Å². The summed E-state index contributed by atoms with van der Waals surface area (Å²) in [4.78, 5) is 16.7. The first-order valence-electron chi connectivity index (χ1n) is 6.32. The van der Waals surface area contributed by atoms with Crippen molar-refractivity contribution in [3.63, 3.8) is 0 Å². The van der Waals surface area contributed by atoms with Crippen LogP contribution in [0.5, 0.6) is 11.5 Å². The molecule has 0 N–H and O–H groups in total. The minimum absolute atomic E-state index is 0.151. The summed E-state index contributed by atoms with van der Waals surface area (Å²) in [6.07, 6.45) is 4.70. The van der Waals surface area contributed by atoms with E-state index >= 15 is 0 Å². The van der Waals surface area contributed by atoms with Crippen molar-refractivity contribution in [1.82, 2.24) is 4.98 Å². The minimum Gasteiger partial charge on any atom is -0.497 e. The smallest absolute Gasteiger partial charge is 0.200 e. The third-order valence-electron chi connectivity index (χ3n) is 3.24. The molecule has 0 radical (unpaired) electrons. The Hall–Kier alpha value is -2.82. The van der Waals surface area contributed by atoms with Gasteiger partial charge < -0.3 is 13.9 Å². The molecule has 0 atom stereocenters. The molecule has 3 rings (SSSR count). The van der Waals surface area contributed by atoms with Crippen molar-refractivity contribution in [3.8, 4) is 22.6 Å². The molecular weight excluding hydrogens is 270 g/mol. The van der Waals surface area contributed by atoms with Gasteiger partial charge in [-0.2, -0.15) is 0 Å². The standard InChI is InChI=1S/C16H13NO4/c1-19-11-6-12-15(18)13(10-4-3-5-17-8-10)9-21-16(12)14(7-11)20-2/h3-9H,1-2H3. The summed E-state index contributed by atoms with van der Waals surface area (Å²) in [7, 11) is 3.05. The van der Waals surface area contributed by atoms with Crippen molar-refractivity contribution in [1.29, 1.82) is 0 Å². The van der Waals surface area contributed by atoms with Gasteiger partial charge in [0.1, 0.15) is 12.0 Å². The normalized spacial score (nSPS) is 10.6. The molecule has 0 spiro atoms. The number of rotatable bonds is 3. The van der Waals surface area contributed by atoms with Crippen molar-refractivity contribution < 1.29 is 13.9 Å². The molecule has 0 saturated carbocycles. The van der Waals surface area contributed by atoms with Crippen molar-refractivity contribution in [3.05, 3.63) is 53.1 Å². The van der Waals surface area contributed by atoms with Crippen LogP contribution in [0.1, 0.15) is 0 Å². The molecule has 0 fully saturated rings. The predicted octanol–water partition coefficient (Wildman–Crippen LogP) is 2.87.